The van der Waals surface area contributed by atoms with E-state index in [4.69, 9.17) is 9.29 Å². The maximum absolute atomic E-state index is 12.3. The summed E-state index contributed by atoms with van der Waals surface area (Å²) in [5, 5.41) is 19.5. The van der Waals surface area contributed by atoms with Crippen LogP contribution in [0.2, 0.25) is 0 Å². The van der Waals surface area contributed by atoms with Crippen molar-refractivity contribution < 1.29 is 32.4 Å². The highest BCUT2D eigenvalue weighted by molar-refractivity contribution is 7.86. The molecule has 8 heteroatoms. The molecule has 0 aromatic heterocycles. The molecule has 0 amide bonds. The number of fused-ring (bicyclic) bond motifs is 1. The molecule has 0 saturated heterocycles. The summed E-state index contributed by atoms with van der Waals surface area (Å²) in [4.78, 5) is 22.8. The van der Waals surface area contributed by atoms with Crippen LogP contribution in [0.25, 0.3) is 0 Å². The quantitative estimate of drug-likeness (QED) is 0.247. The molecule has 2 rings (SSSR count). The van der Waals surface area contributed by atoms with Crippen molar-refractivity contribution in [2.45, 2.75) is 76.9 Å². The van der Waals surface area contributed by atoms with Crippen LogP contribution in [0, 0.1) is 23.7 Å². The number of hydrogen-bond donors (Lipinski definition) is 2. The van der Waals surface area contributed by atoms with Gasteiger partial charge in [0.25, 0.3) is 10.1 Å². The van der Waals surface area contributed by atoms with Crippen LogP contribution in [0.15, 0.2) is 12.2 Å². The lowest BCUT2D eigenvalue weighted by Crippen LogP contribution is -2.35. The van der Waals surface area contributed by atoms with Gasteiger partial charge >= 0.3 is 5.97 Å². The van der Waals surface area contributed by atoms with Crippen molar-refractivity contribution in [2.75, 3.05) is 6.26 Å². The molecule has 0 bridgehead atoms. The van der Waals surface area contributed by atoms with Gasteiger partial charge in [-0.3, -0.25) is 13.8 Å². The summed E-state index contributed by atoms with van der Waals surface area (Å²) in [5.41, 5.74) is 0. The molecule has 2 N–H and O–H groups in total. The van der Waals surface area contributed by atoms with Gasteiger partial charge in [-0.25, -0.2) is 0 Å². The Bertz CT molecular complexity index is 700. The van der Waals surface area contributed by atoms with Crippen molar-refractivity contribution in [3.05, 3.63) is 12.2 Å². The molecule has 0 aromatic rings. The second-order valence-corrected chi connectivity index (χ2v) is 10.0. The maximum atomic E-state index is 12.3. The number of carboxylic acids is 1. The van der Waals surface area contributed by atoms with Gasteiger partial charge in [0.15, 0.2) is 0 Å². The summed E-state index contributed by atoms with van der Waals surface area (Å²) < 4.78 is 28.4. The third-order valence-corrected chi connectivity index (χ3v) is 6.69. The Kier molecular flexibility index (Phi) is 8.85. The highest BCUT2D eigenvalue weighted by Crippen LogP contribution is 2.62. The number of aliphatic hydroxyl groups excluding tert-OH is 1. The van der Waals surface area contributed by atoms with Crippen molar-refractivity contribution in [1.29, 1.82) is 0 Å². The summed E-state index contributed by atoms with van der Waals surface area (Å²) in [6.07, 6.45) is 8.81. The number of rotatable bonds is 14. The molecule has 0 radical (unpaired) electrons. The van der Waals surface area contributed by atoms with E-state index >= 15 is 0 Å². The van der Waals surface area contributed by atoms with Crippen molar-refractivity contribution in [3.63, 3.8) is 0 Å². The molecular formula is C21H34O7S. The molecule has 0 aliphatic heterocycles. The van der Waals surface area contributed by atoms with Gasteiger partial charge in [-0.2, -0.15) is 8.42 Å². The van der Waals surface area contributed by atoms with Crippen molar-refractivity contribution in [2.24, 2.45) is 23.7 Å². The van der Waals surface area contributed by atoms with Gasteiger partial charge in [0, 0.05) is 18.8 Å². The van der Waals surface area contributed by atoms with E-state index in [2.05, 4.69) is 6.92 Å². The van der Waals surface area contributed by atoms with Crippen LogP contribution >= 0.6 is 0 Å². The van der Waals surface area contributed by atoms with Gasteiger partial charge < -0.3 is 10.2 Å². The van der Waals surface area contributed by atoms with E-state index in [1.807, 2.05) is 12.2 Å². The van der Waals surface area contributed by atoms with Gasteiger partial charge in [0.05, 0.1) is 12.4 Å². The number of unbranched alkanes of at least 4 members (excludes halogenated alkanes) is 3. The minimum Gasteiger partial charge on any atom is -0.481 e. The Labute approximate surface area is 173 Å². The highest BCUT2D eigenvalue weighted by atomic mass is 32.2. The van der Waals surface area contributed by atoms with E-state index < -0.39 is 28.3 Å². The lowest BCUT2D eigenvalue weighted by Gasteiger charge is -2.24. The summed E-state index contributed by atoms with van der Waals surface area (Å²) in [7, 11) is -3.67. The summed E-state index contributed by atoms with van der Waals surface area (Å²) in [5.74, 6) is -0.661. The Hall–Kier alpha value is -1.25. The van der Waals surface area contributed by atoms with Crippen LogP contribution in [0.5, 0.6) is 0 Å². The molecule has 6 atom stereocenters. The lowest BCUT2D eigenvalue weighted by atomic mass is 9.90. The highest BCUT2D eigenvalue weighted by Gasteiger charge is 2.64. The number of hydrogen-bond acceptors (Lipinski definition) is 6. The fourth-order valence-electron chi connectivity index (χ4n) is 4.71. The average molecular weight is 431 g/mol. The van der Waals surface area contributed by atoms with Crippen LogP contribution in [0.3, 0.4) is 0 Å². The van der Waals surface area contributed by atoms with E-state index in [0.29, 0.717) is 32.1 Å². The number of allylic oxidation sites excluding steroid dienone is 2. The number of aliphatic carboxylic acids is 1. The molecule has 0 heterocycles. The Morgan fingerprint density at radius 1 is 1.28 bits per heavy atom. The van der Waals surface area contributed by atoms with Crippen molar-refractivity contribution >= 4 is 21.9 Å². The molecule has 29 heavy (non-hydrogen) atoms. The van der Waals surface area contributed by atoms with E-state index in [0.717, 1.165) is 25.5 Å². The van der Waals surface area contributed by atoms with Crippen molar-refractivity contribution in [3.8, 4) is 0 Å². The molecule has 2 fully saturated rings. The smallest absolute Gasteiger partial charge is 0.303 e. The van der Waals surface area contributed by atoms with Crippen LogP contribution in [-0.4, -0.2) is 48.8 Å². The fourth-order valence-corrected chi connectivity index (χ4v) is 5.37. The lowest BCUT2D eigenvalue weighted by molar-refractivity contribution is -0.137. The molecule has 2 aliphatic carbocycles. The first-order chi connectivity index (χ1) is 13.7. The number of carbonyl (C=O) groups is 2. The SMILES string of the molecule is CCCCCC(OS(C)(=O)=O)C(O)C1C2CC(=O)C(CC=CCCCC(=O)O)C21. The molecule has 7 nitrogen and oxygen atoms in total. The van der Waals surface area contributed by atoms with Gasteiger partial charge in [0.2, 0.25) is 0 Å². The molecule has 2 aliphatic rings. The molecule has 0 aromatic carbocycles. The number of aliphatic hydroxyl groups is 1. The first kappa shape index (κ1) is 24.0. The minimum absolute atomic E-state index is 0.0815. The molecule has 2 saturated carbocycles. The second kappa shape index (κ2) is 10.7. The molecular weight excluding hydrogens is 396 g/mol. The van der Waals surface area contributed by atoms with E-state index in [1.165, 1.54) is 0 Å². The van der Waals surface area contributed by atoms with Gasteiger partial charge in [-0.05, 0) is 43.4 Å². The molecule has 166 valence electrons. The number of carbonyl (C=O) groups excluding carboxylic acids is 1. The second-order valence-electron chi connectivity index (χ2n) is 8.41. The zero-order valence-corrected chi connectivity index (χ0v) is 18.1. The standard InChI is InChI=1S/C21H34O7S/c1-3-4-7-11-17(28-29(2,26)27)21(25)20-15-13-16(22)14(19(15)20)10-8-5-6-9-12-18(23)24/h5,8,14-15,17,19-21,25H,3-4,6-7,9-13H2,1-2H3,(H,23,24). The monoisotopic (exact) mass is 430 g/mol. The summed E-state index contributed by atoms with van der Waals surface area (Å²) in [6.45, 7) is 2.06. The largest absolute Gasteiger partial charge is 0.481 e. The van der Waals surface area contributed by atoms with E-state index in [-0.39, 0.29) is 35.9 Å². The minimum atomic E-state index is -3.67. The van der Waals surface area contributed by atoms with Gasteiger partial charge in [0.1, 0.15) is 11.9 Å². The zero-order valence-electron chi connectivity index (χ0n) is 17.3. The zero-order chi connectivity index (χ0) is 21.6. The van der Waals surface area contributed by atoms with Crippen LogP contribution < -0.4 is 0 Å². The fraction of sp³-hybridized carbons (Fsp3) is 0.810. The van der Waals surface area contributed by atoms with Crippen LogP contribution in [0.1, 0.15) is 64.7 Å². The number of Topliss-reactive ketones (excluding diaryl/α,β-unsaturated/α-hetero) is 1. The van der Waals surface area contributed by atoms with E-state index in [1.54, 1.807) is 0 Å². The van der Waals surface area contributed by atoms with Gasteiger partial charge in [-0.15, -0.1) is 0 Å². The van der Waals surface area contributed by atoms with Gasteiger partial charge in [-0.1, -0.05) is 38.3 Å². The number of ketones is 1. The van der Waals surface area contributed by atoms with E-state index in [9.17, 15) is 23.1 Å². The Balaban J connectivity index is 1.91. The molecule has 6 unspecified atom stereocenters. The summed E-state index contributed by atoms with van der Waals surface area (Å²) >= 11 is 0. The van der Waals surface area contributed by atoms with Crippen molar-refractivity contribution in [1.82, 2.24) is 0 Å². The Morgan fingerprint density at radius 3 is 2.62 bits per heavy atom. The average Bonchev–Trinajstić information content (AvgIpc) is 3.21. The number of carboxylic acid groups (broad SMARTS) is 1. The Morgan fingerprint density at radius 2 is 2.00 bits per heavy atom. The summed E-state index contributed by atoms with van der Waals surface area (Å²) in [6, 6.07) is 0. The molecule has 0 spiro atoms. The third kappa shape index (κ3) is 7.19. The third-order valence-electron chi connectivity index (χ3n) is 6.09. The van der Waals surface area contributed by atoms with Crippen LogP contribution in [0.4, 0.5) is 0 Å². The first-order valence-corrected chi connectivity index (χ1v) is 12.4. The van der Waals surface area contributed by atoms with Crippen LogP contribution in [-0.2, 0) is 23.9 Å². The topological polar surface area (TPSA) is 118 Å². The normalized spacial score (nSPS) is 28.4. The maximum Gasteiger partial charge on any atom is 0.303 e. The predicted molar refractivity (Wildman–Crippen MR) is 109 cm³/mol. The first-order valence-electron chi connectivity index (χ1n) is 10.6. The predicted octanol–water partition coefficient (Wildman–Crippen LogP) is 2.92.